The van der Waals surface area contributed by atoms with Gasteiger partial charge in [0, 0.05) is 12.8 Å². The van der Waals surface area contributed by atoms with Crippen molar-refractivity contribution in [3.05, 3.63) is 36.5 Å². The third-order valence-electron chi connectivity index (χ3n) is 12.4. The van der Waals surface area contributed by atoms with Crippen molar-refractivity contribution in [2.24, 2.45) is 0 Å². The maximum Gasteiger partial charge on any atom is 0.305 e. The molecule has 0 aromatic heterocycles. The summed E-state index contributed by atoms with van der Waals surface area (Å²) in [5, 5.41) is 23.1. The van der Waals surface area contributed by atoms with Crippen LogP contribution >= 0.6 is 0 Å². The van der Waals surface area contributed by atoms with Crippen LogP contribution in [0.3, 0.4) is 0 Å². The second-order valence-electron chi connectivity index (χ2n) is 18.6. The first-order valence-electron chi connectivity index (χ1n) is 27.2. The SMILES string of the molecule is CCCCCC/C=C\C/C=C\CCCCCCCCCC(=O)OCCCCCCCCC/C=C\CCCCCCCC(=O)NC(CO)C(O)CCCCCCCCCCCCC. The Hall–Kier alpha value is -1.92. The molecule has 0 bridgehead atoms. The number of amides is 1. The predicted molar refractivity (Wildman–Crippen MR) is 269 cm³/mol. The maximum atomic E-state index is 12.4. The van der Waals surface area contributed by atoms with Crippen LogP contribution in [0.1, 0.15) is 284 Å². The van der Waals surface area contributed by atoms with Crippen LogP contribution in [-0.4, -0.2) is 47.4 Å². The van der Waals surface area contributed by atoms with E-state index in [4.69, 9.17) is 4.74 Å². The molecule has 62 heavy (non-hydrogen) atoms. The van der Waals surface area contributed by atoms with Gasteiger partial charge in [-0.25, -0.2) is 0 Å². The van der Waals surface area contributed by atoms with Crippen molar-refractivity contribution in [2.75, 3.05) is 13.2 Å². The smallest absolute Gasteiger partial charge is 0.305 e. The highest BCUT2D eigenvalue weighted by Crippen LogP contribution is 2.16. The number of rotatable bonds is 50. The molecule has 0 spiro atoms. The number of carbonyl (C=O) groups is 2. The third kappa shape index (κ3) is 47.6. The zero-order valence-electron chi connectivity index (χ0n) is 41.4. The molecule has 6 nitrogen and oxygen atoms in total. The summed E-state index contributed by atoms with van der Waals surface area (Å²) >= 11 is 0. The van der Waals surface area contributed by atoms with Gasteiger partial charge < -0.3 is 20.3 Å². The minimum absolute atomic E-state index is 0.0106. The van der Waals surface area contributed by atoms with E-state index in [0.717, 1.165) is 70.6 Å². The quantitative estimate of drug-likeness (QED) is 0.0321. The number of hydrogen-bond donors (Lipinski definition) is 3. The van der Waals surface area contributed by atoms with Gasteiger partial charge in [0.05, 0.1) is 25.4 Å². The van der Waals surface area contributed by atoms with Crippen molar-refractivity contribution in [3.63, 3.8) is 0 Å². The monoisotopic (exact) mass is 872 g/mol. The summed E-state index contributed by atoms with van der Waals surface area (Å²) in [6.07, 6.45) is 62.6. The summed E-state index contributed by atoms with van der Waals surface area (Å²) in [5.41, 5.74) is 0. The van der Waals surface area contributed by atoms with Gasteiger partial charge >= 0.3 is 5.97 Å². The van der Waals surface area contributed by atoms with Gasteiger partial charge in [-0.2, -0.15) is 0 Å². The molecule has 0 aromatic rings. The summed E-state index contributed by atoms with van der Waals surface area (Å²) < 4.78 is 5.47. The zero-order valence-corrected chi connectivity index (χ0v) is 41.4. The summed E-state index contributed by atoms with van der Waals surface area (Å²) in [6, 6.07) is -0.553. The molecule has 0 aliphatic carbocycles. The van der Waals surface area contributed by atoms with Crippen LogP contribution in [0, 0.1) is 0 Å². The van der Waals surface area contributed by atoms with E-state index in [1.807, 2.05) is 0 Å². The number of unbranched alkanes of at least 4 members (excludes halogenated alkanes) is 33. The molecule has 0 heterocycles. The van der Waals surface area contributed by atoms with Crippen LogP contribution in [-0.2, 0) is 14.3 Å². The molecule has 364 valence electrons. The number of carbonyl (C=O) groups excluding carboxylic acids is 2. The van der Waals surface area contributed by atoms with Gasteiger partial charge in [0.2, 0.25) is 5.91 Å². The summed E-state index contributed by atoms with van der Waals surface area (Å²) in [6.45, 7) is 4.90. The van der Waals surface area contributed by atoms with Gasteiger partial charge in [-0.1, -0.05) is 224 Å². The predicted octanol–water partition coefficient (Wildman–Crippen LogP) is 16.5. The molecule has 0 aliphatic rings. The Bertz CT molecular complexity index is 1010. The van der Waals surface area contributed by atoms with E-state index in [-0.39, 0.29) is 18.5 Å². The largest absolute Gasteiger partial charge is 0.466 e. The number of esters is 1. The molecule has 3 N–H and O–H groups in total. The highest BCUT2D eigenvalue weighted by atomic mass is 16.5. The van der Waals surface area contributed by atoms with E-state index in [1.54, 1.807) is 0 Å². The molecule has 6 heteroatoms. The summed E-state index contributed by atoms with van der Waals surface area (Å²) in [4.78, 5) is 24.5. The van der Waals surface area contributed by atoms with Gasteiger partial charge in [0.25, 0.3) is 0 Å². The maximum absolute atomic E-state index is 12.4. The average Bonchev–Trinajstić information content (AvgIpc) is 3.27. The Morgan fingerprint density at radius 3 is 1.26 bits per heavy atom. The number of ether oxygens (including phenoxy) is 1. The molecule has 1 amide bonds. The Labute approximate surface area is 385 Å². The van der Waals surface area contributed by atoms with Crippen molar-refractivity contribution in [1.82, 2.24) is 5.32 Å². The van der Waals surface area contributed by atoms with Crippen LogP contribution in [0.15, 0.2) is 36.5 Å². The summed E-state index contributed by atoms with van der Waals surface area (Å²) in [7, 11) is 0. The Morgan fingerprint density at radius 1 is 0.452 bits per heavy atom. The molecule has 0 aromatic carbocycles. The number of hydrogen-bond acceptors (Lipinski definition) is 5. The van der Waals surface area contributed by atoms with Gasteiger partial charge in [-0.05, 0) is 83.5 Å². The van der Waals surface area contributed by atoms with E-state index in [2.05, 4.69) is 55.6 Å². The Kier molecular flexibility index (Phi) is 50.1. The second-order valence-corrected chi connectivity index (χ2v) is 18.6. The fourth-order valence-corrected chi connectivity index (χ4v) is 8.19. The normalized spacial score (nSPS) is 12.9. The van der Waals surface area contributed by atoms with Crippen molar-refractivity contribution in [3.8, 4) is 0 Å². The number of nitrogens with one attached hydrogen (secondary N) is 1. The lowest BCUT2D eigenvalue weighted by Gasteiger charge is -2.22. The Balaban J connectivity index is 3.45. The number of aliphatic hydroxyl groups excluding tert-OH is 2. The summed E-state index contributed by atoms with van der Waals surface area (Å²) in [5.74, 6) is -0.0646. The lowest BCUT2D eigenvalue weighted by atomic mass is 10.0. The topological polar surface area (TPSA) is 95.9 Å². The van der Waals surface area contributed by atoms with Gasteiger partial charge in [0.15, 0.2) is 0 Å². The highest BCUT2D eigenvalue weighted by Gasteiger charge is 2.20. The lowest BCUT2D eigenvalue weighted by molar-refractivity contribution is -0.143. The number of allylic oxidation sites excluding steroid dienone is 6. The molecule has 0 saturated heterocycles. The first-order chi connectivity index (χ1) is 30.5. The Morgan fingerprint density at radius 2 is 0.806 bits per heavy atom. The van der Waals surface area contributed by atoms with Crippen molar-refractivity contribution in [1.29, 1.82) is 0 Å². The van der Waals surface area contributed by atoms with Gasteiger partial charge in [0.1, 0.15) is 0 Å². The van der Waals surface area contributed by atoms with E-state index in [1.165, 1.54) is 180 Å². The minimum atomic E-state index is -0.674. The van der Waals surface area contributed by atoms with Crippen LogP contribution in [0.2, 0.25) is 0 Å². The molecule has 0 radical (unpaired) electrons. The van der Waals surface area contributed by atoms with Crippen LogP contribution in [0.25, 0.3) is 0 Å². The highest BCUT2D eigenvalue weighted by molar-refractivity contribution is 5.76. The average molecular weight is 872 g/mol. The van der Waals surface area contributed by atoms with Crippen LogP contribution in [0.5, 0.6) is 0 Å². The molecule has 0 aliphatic heterocycles. The van der Waals surface area contributed by atoms with Crippen molar-refractivity contribution in [2.45, 2.75) is 296 Å². The third-order valence-corrected chi connectivity index (χ3v) is 12.4. The first kappa shape index (κ1) is 60.1. The zero-order chi connectivity index (χ0) is 45.1. The number of aliphatic hydroxyl groups is 2. The molecule has 0 saturated carbocycles. The molecular formula is C56H105NO5. The first-order valence-corrected chi connectivity index (χ1v) is 27.2. The van der Waals surface area contributed by atoms with Crippen LogP contribution in [0.4, 0.5) is 0 Å². The van der Waals surface area contributed by atoms with Crippen LogP contribution < -0.4 is 5.32 Å². The minimum Gasteiger partial charge on any atom is -0.466 e. The molecule has 0 rings (SSSR count). The fourth-order valence-electron chi connectivity index (χ4n) is 8.19. The fraction of sp³-hybridized carbons (Fsp3) is 0.857. The molecular weight excluding hydrogens is 767 g/mol. The van der Waals surface area contributed by atoms with Crippen molar-refractivity contribution < 1.29 is 24.5 Å². The van der Waals surface area contributed by atoms with E-state index in [9.17, 15) is 19.8 Å². The van der Waals surface area contributed by atoms with E-state index < -0.39 is 12.1 Å². The molecule has 0 fully saturated rings. The van der Waals surface area contributed by atoms with E-state index in [0.29, 0.717) is 25.9 Å². The second kappa shape index (κ2) is 51.7. The molecule has 2 unspecified atom stereocenters. The lowest BCUT2D eigenvalue weighted by Crippen LogP contribution is -2.45. The van der Waals surface area contributed by atoms with E-state index >= 15 is 0 Å². The van der Waals surface area contributed by atoms with Crippen molar-refractivity contribution >= 4 is 11.9 Å². The van der Waals surface area contributed by atoms with Gasteiger partial charge in [-0.15, -0.1) is 0 Å². The molecule has 2 atom stereocenters. The van der Waals surface area contributed by atoms with Gasteiger partial charge in [-0.3, -0.25) is 9.59 Å². The standard InChI is InChI=1S/C56H105NO5/c1-3-5-7-9-11-13-15-16-17-18-19-23-26-30-34-38-42-46-50-56(61)62-51-47-43-39-35-31-27-24-21-20-22-25-29-33-37-41-45-49-55(60)57-53(52-58)54(59)48-44-40-36-32-28-14-12-10-8-6-4-2/h13,15,17-18,20,22,53-54,58-59H,3-12,14,16,19,21,23-52H2,1-2H3,(H,57,60)/b15-13-,18-17-,22-20-.